The van der Waals surface area contributed by atoms with Gasteiger partial charge in [-0.05, 0) is 38.5 Å². The van der Waals surface area contributed by atoms with Gasteiger partial charge in [0.15, 0.2) is 0 Å². The van der Waals surface area contributed by atoms with Crippen LogP contribution in [-0.4, -0.2) is 17.3 Å². The summed E-state index contributed by atoms with van der Waals surface area (Å²) >= 11 is 11.9. The Morgan fingerprint density at radius 2 is 2.00 bits per heavy atom. The molecule has 4 heteroatoms. The molecule has 0 aliphatic carbocycles. The highest BCUT2D eigenvalue weighted by molar-refractivity contribution is 6.35. The molecule has 0 aliphatic heterocycles. The van der Waals surface area contributed by atoms with Gasteiger partial charge in [0, 0.05) is 22.6 Å². The molecule has 0 radical (unpaired) electrons. The molecule has 1 atom stereocenters. The summed E-state index contributed by atoms with van der Waals surface area (Å²) in [6.45, 7) is 6.03. The van der Waals surface area contributed by atoms with Crippen LogP contribution in [-0.2, 0) is 0 Å². The van der Waals surface area contributed by atoms with Crippen LogP contribution in [0.2, 0.25) is 10.0 Å². The molecular weight excluding hydrogens is 245 g/mol. The van der Waals surface area contributed by atoms with Crippen LogP contribution in [0.1, 0.15) is 32.4 Å². The minimum absolute atomic E-state index is 0.0798. The lowest BCUT2D eigenvalue weighted by atomic mass is 10.1. The number of aliphatic hydroxyl groups is 1. The second-order valence-electron chi connectivity index (χ2n) is 4.58. The van der Waals surface area contributed by atoms with Gasteiger partial charge in [-0.2, -0.15) is 0 Å². The van der Waals surface area contributed by atoms with Gasteiger partial charge in [-0.1, -0.05) is 29.3 Å². The van der Waals surface area contributed by atoms with Crippen molar-refractivity contribution in [3.63, 3.8) is 0 Å². The topological polar surface area (TPSA) is 32.3 Å². The van der Waals surface area contributed by atoms with Gasteiger partial charge < -0.3 is 10.4 Å². The van der Waals surface area contributed by atoms with Crippen molar-refractivity contribution in [2.45, 2.75) is 32.4 Å². The number of nitrogens with one attached hydrogen (secondary N) is 1. The van der Waals surface area contributed by atoms with Crippen molar-refractivity contribution < 1.29 is 5.11 Å². The molecule has 2 nitrogen and oxygen atoms in total. The Kier molecular flexibility index (Phi) is 4.62. The van der Waals surface area contributed by atoms with Gasteiger partial charge in [-0.25, -0.2) is 0 Å². The molecule has 0 aromatic heterocycles. The highest BCUT2D eigenvalue weighted by Gasteiger charge is 2.15. The minimum atomic E-state index is -0.729. The van der Waals surface area contributed by atoms with E-state index in [1.807, 2.05) is 19.1 Å². The first kappa shape index (κ1) is 13.8. The van der Waals surface area contributed by atoms with E-state index in [0.717, 1.165) is 5.56 Å². The van der Waals surface area contributed by atoms with E-state index >= 15 is 0 Å². The smallest absolute Gasteiger partial charge is 0.0715 e. The zero-order chi connectivity index (χ0) is 12.3. The largest absolute Gasteiger partial charge is 0.389 e. The van der Waals surface area contributed by atoms with Crippen molar-refractivity contribution in [3.05, 3.63) is 33.8 Å². The Morgan fingerprint density at radius 1 is 1.38 bits per heavy atom. The van der Waals surface area contributed by atoms with Crippen molar-refractivity contribution in [3.8, 4) is 0 Å². The summed E-state index contributed by atoms with van der Waals surface area (Å²) in [5.41, 5.74) is 0.253. The van der Waals surface area contributed by atoms with Gasteiger partial charge in [0.05, 0.1) is 5.60 Å². The number of benzene rings is 1. The molecule has 16 heavy (non-hydrogen) atoms. The third-order valence-electron chi connectivity index (χ3n) is 2.27. The van der Waals surface area contributed by atoms with E-state index in [4.69, 9.17) is 23.2 Å². The summed E-state index contributed by atoms with van der Waals surface area (Å²) in [5, 5.41) is 14.1. The summed E-state index contributed by atoms with van der Waals surface area (Å²) in [4.78, 5) is 0. The highest BCUT2D eigenvalue weighted by atomic mass is 35.5. The molecule has 90 valence electrons. The Hall–Kier alpha value is -0.280. The predicted molar refractivity (Wildman–Crippen MR) is 69.2 cm³/mol. The molecule has 1 aromatic rings. The Bertz CT molecular complexity index is 361. The molecule has 1 aromatic carbocycles. The molecule has 0 fully saturated rings. The second kappa shape index (κ2) is 5.37. The van der Waals surface area contributed by atoms with Crippen molar-refractivity contribution in [2.75, 3.05) is 6.54 Å². The van der Waals surface area contributed by atoms with Gasteiger partial charge >= 0.3 is 0 Å². The van der Waals surface area contributed by atoms with E-state index in [-0.39, 0.29) is 6.04 Å². The summed E-state index contributed by atoms with van der Waals surface area (Å²) in [6, 6.07) is 5.51. The molecule has 2 N–H and O–H groups in total. The van der Waals surface area contributed by atoms with Gasteiger partial charge in [0.1, 0.15) is 0 Å². The molecule has 1 unspecified atom stereocenters. The quantitative estimate of drug-likeness (QED) is 0.871. The number of hydrogen-bond donors (Lipinski definition) is 2. The van der Waals surface area contributed by atoms with Crippen molar-refractivity contribution in [1.82, 2.24) is 5.32 Å². The van der Waals surface area contributed by atoms with Crippen LogP contribution in [0, 0.1) is 0 Å². The van der Waals surface area contributed by atoms with Crippen molar-refractivity contribution in [2.24, 2.45) is 0 Å². The lowest BCUT2D eigenvalue weighted by Crippen LogP contribution is -2.36. The van der Waals surface area contributed by atoms with Crippen molar-refractivity contribution >= 4 is 23.2 Å². The summed E-state index contributed by atoms with van der Waals surface area (Å²) in [7, 11) is 0. The van der Waals surface area contributed by atoms with Gasteiger partial charge in [0.2, 0.25) is 0 Å². The zero-order valence-corrected chi connectivity index (χ0v) is 11.2. The van der Waals surface area contributed by atoms with E-state index in [1.165, 1.54) is 0 Å². The first-order valence-electron chi connectivity index (χ1n) is 5.20. The maximum absolute atomic E-state index is 9.61. The van der Waals surface area contributed by atoms with E-state index in [9.17, 15) is 5.11 Å². The third kappa shape index (κ3) is 4.30. The fraction of sp³-hybridized carbons (Fsp3) is 0.500. The van der Waals surface area contributed by atoms with Crippen LogP contribution in [0.4, 0.5) is 0 Å². The van der Waals surface area contributed by atoms with E-state index in [2.05, 4.69) is 5.32 Å². The molecule has 0 amide bonds. The number of halogens is 2. The lowest BCUT2D eigenvalue weighted by molar-refractivity contribution is 0.0770. The fourth-order valence-corrected chi connectivity index (χ4v) is 1.94. The van der Waals surface area contributed by atoms with E-state index < -0.39 is 5.60 Å². The SMILES string of the molecule is CC(NCC(C)(C)O)c1ccc(Cl)cc1Cl. The van der Waals surface area contributed by atoms with Crippen LogP contribution in [0.5, 0.6) is 0 Å². The second-order valence-corrected chi connectivity index (χ2v) is 5.42. The molecule has 0 spiro atoms. The average Bonchev–Trinajstić information content (AvgIpc) is 2.13. The molecule has 0 heterocycles. The standard InChI is InChI=1S/C12H17Cl2NO/c1-8(15-7-12(2,3)16)10-5-4-9(13)6-11(10)14/h4-6,8,15-16H,7H2,1-3H3. The zero-order valence-electron chi connectivity index (χ0n) is 9.72. The normalized spacial score (nSPS) is 13.9. The number of rotatable bonds is 4. The first-order chi connectivity index (χ1) is 7.29. The van der Waals surface area contributed by atoms with Crippen LogP contribution < -0.4 is 5.32 Å². The van der Waals surface area contributed by atoms with Crippen LogP contribution in [0.3, 0.4) is 0 Å². The predicted octanol–water partition coefficient (Wildman–Crippen LogP) is 3.41. The Morgan fingerprint density at radius 3 is 2.50 bits per heavy atom. The van der Waals surface area contributed by atoms with Gasteiger partial charge in [-0.3, -0.25) is 0 Å². The summed E-state index contributed by atoms with van der Waals surface area (Å²) in [5.74, 6) is 0. The number of hydrogen-bond acceptors (Lipinski definition) is 2. The molecule has 0 saturated heterocycles. The molecule has 0 saturated carbocycles. The van der Waals surface area contributed by atoms with Crippen LogP contribution in [0.15, 0.2) is 18.2 Å². The molecular formula is C12H17Cl2NO. The Labute approximate surface area is 107 Å². The first-order valence-corrected chi connectivity index (χ1v) is 5.96. The fourth-order valence-electron chi connectivity index (χ4n) is 1.37. The van der Waals surface area contributed by atoms with Gasteiger partial charge in [0.25, 0.3) is 0 Å². The average molecular weight is 262 g/mol. The van der Waals surface area contributed by atoms with Crippen LogP contribution >= 0.6 is 23.2 Å². The van der Waals surface area contributed by atoms with E-state index in [0.29, 0.717) is 16.6 Å². The highest BCUT2D eigenvalue weighted by Crippen LogP contribution is 2.26. The summed E-state index contributed by atoms with van der Waals surface area (Å²) in [6.07, 6.45) is 0. The van der Waals surface area contributed by atoms with E-state index in [1.54, 1.807) is 19.9 Å². The van der Waals surface area contributed by atoms with Crippen LogP contribution in [0.25, 0.3) is 0 Å². The minimum Gasteiger partial charge on any atom is -0.389 e. The van der Waals surface area contributed by atoms with Gasteiger partial charge in [-0.15, -0.1) is 0 Å². The monoisotopic (exact) mass is 261 g/mol. The third-order valence-corrected chi connectivity index (χ3v) is 2.83. The molecule has 0 bridgehead atoms. The lowest BCUT2D eigenvalue weighted by Gasteiger charge is -2.22. The summed E-state index contributed by atoms with van der Waals surface area (Å²) < 4.78 is 0. The Balaban J connectivity index is 2.70. The maximum atomic E-state index is 9.61. The van der Waals surface area contributed by atoms with Crippen molar-refractivity contribution in [1.29, 1.82) is 0 Å². The maximum Gasteiger partial charge on any atom is 0.0715 e. The molecule has 1 rings (SSSR count). The molecule has 0 aliphatic rings.